The van der Waals surface area contributed by atoms with Gasteiger partial charge in [-0.25, -0.2) is 9.59 Å². The first kappa shape index (κ1) is 31.7. The Kier molecular flexibility index (Phi) is 13.4. The molecule has 3 atom stereocenters. The molecule has 0 saturated carbocycles. The minimum Gasteiger partial charge on any atom is -0.480 e. The topological polar surface area (TPSA) is 147 Å². The third-order valence-corrected chi connectivity index (χ3v) is 4.89. The van der Waals surface area contributed by atoms with Crippen LogP contribution in [0.25, 0.3) is 0 Å². The smallest absolute Gasteiger partial charge is 0.480 e. The van der Waals surface area contributed by atoms with Crippen molar-refractivity contribution in [1.29, 1.82) is 0 Å². The van der Waals surface area contributed by atoms with E-state index in [9.17, 15) is 24.3 Å². The van der Waals surface area contributed by atoms with Crippen molar-refractivity contribution in [2.45, 2.75) is 92.1 Å². The standard InChI is InChI=1S/C26H39NO10/c1-8-9-17(6)24(30)35-18(7)14-27-20(23(28)29)12-19-10-11-21(36-25(31)33-15(2)3)22(13-19)37-26(32)34-16(4)5/h10-11,13,15-18,20,27H,8-9,12,14H2,1-7H3,(H,28,29)/t17?,18?,20-/m0/s1. The number of aliphatic carboxylic acids is 1. The third kappa shape index (κ3) is 12.4. The van der Waals surface area contributed by atoms with Crippen LogP contribution in [0.1, 0.15) is 66.9 Å². The minimum absolute atomic E-state index is 0.00541. The van der Waals surface area contributed by atoms with E-state index in [0.29, 0.717) is 12.0 Å². The predicted octanol–water partition coefficient (Wildman–Crippen LogP) is 4.49. The molecule has 1 rings (SSSR count). The monoisotopic (exact) mass is 525 g/mol. The molecular weight excluding hydrogens is 486 g/mol. The Labute approximate surface area is 217 Å². The average Bonchev–Trinajstić information content (AvgIpc) is 2.76. The SMILES string of the molecule is CCCC(C)C(=O)OC(C)CN[C@@H](Cc1ccc(OC(=O)OC(C)C)c(OC(=O)OC(C)C)c1)C(=O)O. The number of ether oxygens (including phenoxy) is 5. The largest absolute Gasteiger partial charge is 0.514 e. The molecule has 2 unspecified atom stereocenters. The summed E-state index contributed by atoms with van der Waals surface area (Å²) in [7, 11) is 0. The quantitative estimate of drug-likeness (QED) is 0.201. The van der Waals surface area contributed by atoms with Gasteiger partial charge in [-0.3, -0.25) is 9.59 Å². The molecule has 11 heteroatoms. The zero-order valence-corrected chi connectivity index (χ0v) is 22.6. The number of nitrogens with one attached hydrogen (secondary N) is 1. The lowest BCUT2D eigenvalue weighted by Gasteiger charge is -2.20. The molecular formula is C26H39NO10. The van der Waals surface area contributed by atoms with Gasteiger partial charge in [0.15, 0.2) is 11.5 Å². The van der Waals surface area contributed by atoms with Crippen molar-refractivity contribution in [3.63, 3.8) is 0 Å². The molecule has 1 aromatic rings. The second-order valence-electron chi connectivity index (χ2n) is 9.26. The molecule has 0 amide bonds. The summed E-state index contributed by atoms with van der Waals surface area (Å²) in [6.07, 6.45) is -1.88. The first-order chi connectivity index (χ1) is 17.3. The van der Waals surface area contributed by atoms with Crippen molar-refractivity contribution in [3.05, 3.63) is 23.8 Å². The molecule has 2 N–H and O–H groups in total. The Hall–Kier alpha value is -3.34. The summed E-state index contributed by atoms with van der Waals surface area (Å²) in [5.41, 5.74) is 0.470. The summed E-state index contributed by atoms with van der Waals surface area (Å²) in [6, 6.07) is 3.24. The van der Waals surface area contributed by atoms with Gasteiger partial charge in [0.1, 0.15) is 12.1 Å². The van der Waals surface area contributed by atoms with E-state index in [2.05, 4.69) is 5.32 Å². The molecule has 0 bridgehead atoms. The van der Waals surface area contributed by atoms with Gasteiger partial charge in [0.2, 0.25) is 0 Å². The molecule has 0 spiro atoms. The summed E-state index contributed by atoms with van der Waals surface area (Å²) in [6.45, 7) is 12.1. The average molecular weight is 526 g/mol. The molecule has 0 aliphatic carbocycles. The first-order valence-corrected chi connectivity index (χ1v) is 12.4. The number of hydrogen-bond acceptors (Lipinski definition) is 10. The fourth-order valence-electron chi connectivity index (χ4n) is 3.15. The van der Waals surface area contributed by atoms with Crippen LogP contribution in [0.5, 0.6) is 11.5 Å². The maximum absolute atomic E-state index is 12.1. The number of carboxylic acid groups (broad SMARTS) is 1. The van der Waals surface area contributed by atoms with Crippen LogP contribution < -0.4 is 14.8 Å². The van der Waals surface area contributed by atoms with Crippen molar-refractivity contribution in [2.24, 2.45) is 5.92 Å². The van der Waals surface area contributed by atoms with Crippen LogP contribution in [0.3, 0.4) is 0 Å². The molecule has 0 fully saturated rings. The Morgan fingerprint density at radius 2 is 1.43 bits per heavy atom. The van der Waals surface area contributed by atoms with Crippen molar-refractivity contribution >= 4 is 24.2 Å². The van der Waals surface area contributed by atoms with Crippen LogP contribution in [-0.2, 0) is 30.2 Å². The number of hydrogen-bond donors (Lipinski definition) is 2. The van der Waals surface area contributed by atoms with Crippen LogP contribution in [0.15, 0.2) is 18.2 Å². The Bertz CT molecular complexity index is 915. The molecule has 37 heavy (non-hydrogen) atoms. The summed E-state index contributed by atoms with van der Waals surface area (Å²) >= 11 is 0. The number of carbonyl (C=O) groups is 4. The van der Waals surface area contributed by atoms with Crippen molar-refractivity contribution in [2.75, 3.05) is 6.54 Å². The van der Waals surface area contributed by atoms with Crippen LogP contribution in [0, 0.1) is 5.92 Å². The maximum atomic E-state index is 12.1. The Balaban J connectivity index is 2.98. The van der Waals surface area contributed by atoms with E-state index in [-0.39, 0.29) is 36.4 Å². The van der Waals surface area contributed by atoms with Gasteiger partial charge in [0.05, 0.1) is 18.1 Å². The van der Waals surface area contributed by atoms with Crippen molar-refractivity contribution < 1.29 is 48.0 Å². The number of benzene rings is 1. The molecule has 0 heterocycles. The first-order valence-electron chi connectivity index (χ1n) is 12.4. The Morgan fingerprint density at radius 1 is 0.865 bits per heavy atom. The minimum atomic E-state index is -1.12. The van der Waals surface area contributed by atoms with E-state index in [1.165, 1.54) is 18.2 Å². The molecule has 208 valence electrons. The zero-order valence-electron chi connectivity index (χ0n) is 22.6. The summed E-state index contributed by atoms with van der Waals surface area (Å²) < 4.78 is 25.7. The van der Waals surface area contributed by atoms with Crippen LogP contribution in [0.2, 0.25) is 0 Å². The van der Waals surface area contributed by atoms with E-state index >= 15 is 0 Å². The van der Waals surface area contributed by atoms with E-state index in [4.69, 9.17) is 23.7 Å². The fourth-order valence-corrected chi connectivity index (χ4v) is 3.15. The van der Waals surface area contributed by atoms with Gasteiger partial charge >= 0.3 is 24.2 Å². The normalized spacial score (nSPS) is 13.4. The summed E-state index contributed by atoms with van der Waals surface area (Å²) in [5.74, 6) is -1.93. The number of carboxylic acids is 1. The highest BCUT2D eigenvalue weighted by atomic mass is 16.7. The highest BCUT2D eigenvalue weighted by Gasteiger charge is 2.23. The van der Waals surface area contributed by atoms with Crippen molar-refractivity contribution in [3.8, 4) is 11.5 Å². The summed E-state index contributed by atoms with van der Waals surface area (Å²) in [4.78, 5) is 48.0. The third-order valence-electron chi connectivity index (χ3n) is 4.89. The van der Waals surface area contributed by atoms with E-state index < -0.39 is 42.6 Å². The lowest BCUT2D eigenvalue weighted by Crippen LogP contribution is -2.43. The van der Waals surface area contributed by atoms with Crippen molar-refractivity contribution in [1.82, 2.24) is 5.32 Å². The second-order valence-corrected chi connectivity index (χ2v) is 9.26. The van der Waals surface area contributed by atoms with Gasteiger partial charge < -0.3 is 34.1 Å². The van der Waals surface area contributed by atoms with E-state index in [1.807, 2.05) is 6.92 Å². The van der Waals surface area contributed by atoms with Gasteiger partial charge in [0.25, 0.3) is 0 Å². The van der Waals surface area contributed by atoms with Crippen LogP contribution in [-0.4, -0.2) is 60.3 Å². The molecule has 11 nitrogen and oxygen atoms in total. The Morgan fingerprint density at radius 3 is 1.95 bits per heavy atom. The lowest BCUT2D eigenvalue weighted by molar-refractivity contribution is -0.152. The fraction of sp³-hybridized carbons (Fsp3) is 0.615. The molecule has 0 aromatic heterocycles. The molecule has 0 aliphatic heterocycles. The number of esters is 1. The molecule has 1 aromatic carbocycles. The maximum Gasteiger partial charge on any atom is 0.514 e. The van der Waals surface area contributed by atoms with Gasteiger partial charge in [-0.15, -0.1) is 0 Å². The highest BCUT2D eigenvalue weighted by molar-refractivity contribution is 5.74. The molecule has 0 aliphatic rings. The number of carbonyl (C=O) groups excluding carboxylic acids is 3. The predicted molar refractivity (Wildman–Crippen MR) is 134 cm³/mol. The van der Waals surface area contributed by atoms with E-state index in [0.717, 1.165) is 6.42 Å². The summed E-state index contributed by atoms with van der Waals surface area (Å²) in [5, 5.41) is 12.6. The number of rotatable bonds is 14. The highest BCUT2D eigenvalue weighted by Crippen LogP contribution is 2.30. The zero-order chi connectivity index (χ0) is 28.1. The lowest BCUT2D eigenvalue weighted by atomic mass is 10.0. The second kappa shape index (κ2) is 15.7. The van der Waals surface area contributed by atoms with Crippen LogP contribution >= 0.6 is 0 Å². The molecule has 0 saturated heterocycles. The van der Waals surface area contributed by atoms with E-state index in [1.54, 1.807) is 41.5 Å². The molecule has 0 radical (unpaired) electrons. The van der Waals surface area contributed by atoms with Gasteiger partial charge in [-0.05, 0) is 65.2 Å². The van der Waals surface area contributed by atoms with Gasteiger partial charge in [-0.2, -0.15) is 0 Å². The van der Waals surface area contributed by atoms with Crippen LogP contribution in [0.4, 0.5) is 9.59 Å². The van der Waals surface area contributed by atoms with Gasteiger partial charge in [0, 0.05) is 6.54 Å². The van der Waals surface area contributed by atoms with Gasteiger partial charge in [-0.1, -0.05) is 26.3 Å².